The van der Waals surface area contributed by atoms with Gasteiger partial charge in [-0.1, -0.05) is 163 Å². The highest BCUT2D eigenvalue weighted by molar-refractivity contribution is 5.72. The Labute approximate surface area is 354 Å². The molecule has 7 heteroatoms. The maximum atomic E-state index is 13.2. The minimum Gasteiger partial charge on any atom is -0.465 e. The molecule has 5 atom stereocenters. The molecule has 0 saturated carbocycles. The number of hydrogen-bond acceptors (Lipinski definition) is 7. The topological polar surface area (TPSA) is 74.3 Å². The van der Waals surface area contributed by atoms with Gasteiger partial charge < -0.3 is 23.8 Å². The molecule has 0 N–H and O–H groups in total. The maximum absolute atomic E-state index is 13.2. The van der Waals surface area contributed by atoms with Crippen molar-refractivity contribution in [1.29, 1.82) is 0 Å². The summed E-state index contributed by atoms with van der Waals surface area (Å²) in [5.41, 5.74) is 0. The van der Waals surface area contributed by atoms with Crippen LogP contribution in [0.5, 0.6) is 0 Å². The smallest absolute Gasteiger partial charge is 0.308 e. The van der Waals surface area contributed by atoms with E-state index in [0.29, 0.717) is 19.8 Å². The van der Waals surface area contributed by atoms with Gasteiger partial charge in [-0.05, 0) is 84.7 Å². The van der Waals surface area contributed by atoms with E-state index in [9.17, 15) is 9.59 Å². The van der Waals surface area contributed by atoms with E-state index in [-0.39, 0.29) is 35.8 Å². The van der Waals surface area contributed by atoms with Gasteiger partial charge in [0.2, 0.25) is 0 Å². The lowest BCUT2D eigenvalue weighted by atomic mass is 9.90. The Hall–Kier alpha value is -1.18. The van der Waals surface area contributed by atoms with Gasteiger partial charge in [-0.15, -0.1) is 0 Å². The van der Waals surface area contributed by atoms with Crippen molar-refractivity contribution in [2.24, 2.45) is 17.8 Å². The van der Waals surface area contributed by atoms with Crippen molar-refractivity contribution >= 4 is 11.9 Å². The average Bonchev–Trinajstić information content (AvgIpc) is 3.63. The standard InChI is InChI=1S/C50H97NO6/c1-8-12-16-20-22-27-36-45(34-25-18-14-10-3)48(52)54-41-31-24-30-39-50(56-43-47(57-50)38-40-51(6)7)44(5)33-29-32-42-55-49(53)46(35-26-19-15-11-4)37-28-23-21-17-13-9-2/h44-47H,8-43H2,1-7H3. The van der Waals surface area contributed by atoms with Crippen molar-refractivity contribution in [3.63, 3.8) is 0 Å². The second-order valence-corrected chi connectivity index (χ2v) is 18.2. The van der Waals surface area contributed by atoms with Gasteiger partial charge >= 0.3 is 11.9 Å². The van der Waals surface area contributed by atoms with Crippen molar-refractivity contribution in [1.82, 2.24) is 4.90 Å². The van der Waals surface area contributed by atoms with Crippen LogP contribution in [0.15, 0.2) is 0 Å². The van der Waals surface area contributed by atoms with Crippen LogP contribution in [-0.4, -0.2) is 69.2 Å². The van der Waals surface area contributed by atoms with Crippen LogP contribution in [0.1, 0.15) is 240 Å². The van der Waals surface area contributed by atoms with E-state index in [2.05, 4.69) is 53.6 Å². The summed E-state index contributed by atoms with van der Waals surface area (Å²) in [5.74, 6) is -0.164. The zero-order chi connectivity index (χ0) is 41.8. The second-order valence-electron chi connectivity index (χ2n) is 18.2. The number of carbonyl (C=O) groups is 2. The summed E-state index contributed by atoms with van der Waals surface area (Å²) in [7, 11) is 4.22. The lowest BCUT2D eigenvalue weighted by molar-refractivity contribution is -0.209. The fraction of sp³-hybridized carbons (Fsp3) is 0.960. The predicted molar refractivity (Wildman–Crippen MR) is 241 cm³/mol. The Kier molecular flexibility index (Phi) is 34.6. The van der Waals surface area contributed by atoms with Crippen LogP contribution in [0.3, 0.4) is 0 Å². The largest absolute Gasteiger partial charge is 0.465 e. The van der Waals surface area contributed by atoms with E-state index in [1.54, 1.807) is 0 Å². The van der Waals surface area contributed by atoms with Gasteiger partial charge in [-0.25, -0.2) is 0 Å². The third-order valence-electron chi connectivity index (χ3n) is 12.5. The van der Waals surface area contributed by atoms with E-state index in [4.69, 9.17) is 18.9 Å². The first-order chi connectivity index (χ1) is 27.7. The van der Waals surface area contributed by atoms with Crippen LogP contribution in [0.2, 0.25) is 0 Å². The molecule has 338 valence electrons. The van der Waals surface area contributed by atoms with E-state index in [1.165, 1.54) is 103 Å². The summed E-state index contributed by atoms with van der Waals surface area (Å²) >= 11 is 0. The summed E-state index contributed by atoms with van der Waals surface area (Å²) in [6, 6.07) is 0. The van der Waals surface area contributed by atoms with Crippen LogP contribution in [0.4, 0.5) is 0 Å². The van der Waals surface area contributed by atoms with Crippen LogP contribution < -0.4 is 0 Å². The third-order valence-corrected chi connectivity index (χ3v) is 12.5. The molecule has 0 aromatic heterocycles. The highest BCUT2D eigenvalue weighted by Crippen LogP contribution is 2.39. The number of ether oxygens (including phenoxy) is 4. The molecule has 0 spiro atoms. The van der Waals surface area contributed by atoms with Gasteiger partial charge in [0.25, 0.3) is 0 Å². The molecule has 7 nitrogen and oxygen atoms in total. The molecule has 0 radical (unpaired) electrons. The Morgan fingerprint density at radius 3 is 1.40 bits per heavy atom. The Bertz CT molecular complexity index is 928. The minimum atomic E-state index is -0.578. The summed E-state index contributed by atoms with van der Waals surface area (Å²) < 4.78 is 25.2. The molecule has 0 amide bonds. The summed E-state index contributed by atoms with van der Waals surface area (Å²) in [4.78, 5) is 28.6. The minimum absolute atomic E-state index is 0.0294. The lowest BCUT2D eigenvalue weighted by Gasteiger charge is -2.34. The van der Waals surface area contributed by atoms with Crippen molar-refractivity contribution in [3.05, 3.63) is 0 Å². The first kappa shape index (κ1) is 53.8. The van der Waals surface area contributed by atoms with Crippen LogP contribution in [0, 0.1) is 17.8 Å². The first-order valence-corrected chi connectivity index (χ1v) is 25.0. The van der Waals surface area contributed by atoms with Gasteiger partial charge in [-0.2, -0.15) is 0 Å². The number of esters is 2. The summed E-state index contributed by atoms with van der Waals surface area (Å²) in [6.45, 7) is 13.9. The molecular weight excluding hydrogens is 711 g/mol. The fourth-order valence-electron chi connectivity index (χ4n) is 8.51. The van der Waals surface area contributed by atoms with Crippen LogP contribution in [0.25, 0.3) is 0 Å². The predicted octanol–water partition coefficient (Wildman–Crippen LogP) is 14.2. The third kappa shape index (κ3) is 27.3. The van der Waals surface area contributed by atoms with Gasteiger partial charge in [0, 0.05) is 18.9 Å². The Morgan fingerprint density at radius 1 is 0.561 bits per heavy atom. The molecule has 57 heavy (non-hydrogen) atoms. The number of hydrogen-bond donors (Lipinski definition) is 0. The number of nitrogens with zero attached hydrogens (tertiary/aromatic N) is 1. The van der Waals surface area contributed by atoms with Crippen molar-refractivity contribution in [3.8, 4) is 0 Å². The van der Waals surface area contributed by atoms with Crippen molar-refractivity contribution in [2.75, 3.05) is 40.5 Å². The first-order valence-electron chi connectivity index (χ1n) is 25.0. The molecule has 0 aromatic carbocycles. The van der Waals surface area contributed by atoms with Gasteiger partial charge in [0.1, 0.15) is 0 Å². The van der Waals surface area contributed by atoms with Gasteiger partial charge in [0.15, 0.2) is 5.79 Å². The zero-order valence-corrected chi connectivity index (χ0v) is 39.2. The van der Waals surface area contributed by atoms with Crippen LogP contribution >= 0.6 is 0 Å². The van der Waals surface area contributed by atoms with Crippen molar-refractivity contribution in [2.45, 2.75) is 252 Å². The molecule has 1 fully saturated rings. The van der Waals surface area contributed by atoms with E-state index in [1.807, 2.05) is 0 Å². The second kappa shape index (κ2) is 36.7. The molecule has 0 aliphatic carbocycles. The maximum Gasteiger partial charge on any atom is 0.308 e. The molecule has 0 bridgehead atoms. The quantitative estimate of drug-likeness (QED) is 0.0450. The monoisotopic (exact) mass is 808 g/mol. The highest BCUT2D eigenvalue weighted by atomic mass is 16.7. The number of rotatable bonds is 41. The molecule has 1 heterocycles. The van der Waals surface area contributed by atoms with Gasteiger partial charge in [0.05, 0.1) is 37.8 Å². The normalized spacial score (nSPS) is 18.6. The zero-order valence-electron chi connectivity index (χ0n) is 39.2. The van der Waals surface area contributed by atoms with Gasteiger partial charge in [-0.3, -0.25) is 9.59 Å². The Balaban J connectivity index is 2.60. The molecule has 5 unspecified atom stereocenters. The van der Waals surface area contributed by atoms with Crippen molar-refractivity contribution < 1.29 is 28.5 Å². The van der Waals surface area contributed by atoms with E-state index >= 15 is 0 Å². The number of unbranched alkanes of at least 4 members (excludes halogenated alkanes) is 19. The molecule has 0 aromatic rings. The van der Waals surface area contributed by atoms with E-state index < -0.39 is 5.79 Å². The summed E-state index contributed by atoms with van der Waals surface area (Å²) in [6.07, 6.45) is 36.2. The highest BCUT2D eigenvalue weighted by Gasteiger charge is 2.45. The molecule has 1 aliphatic rings. The molecular formula is C50H97NO6. The van der Waals surface area contributed by atoms with Crippen LogP contribution in [-0.2, 0) is 28.5 Å². The Morgan fingerprint density at radius 2 is 0.947 bits per heavy atom. The lowest BCUT2D eigenvalue weighted by Crippen LogP contribution is -2.39. The average molecular weight is 808 g/mol. The van der Waals surface area contributed by atoms with E-state index in [0.717, 1.165) is 109 Å². The molecule has 1 saturated heterocycles. The molecule has 1 rings (SSSR count). The molecule has 1 aliphatic heterocycles. The SMILES string of the molecule is CCCCCCCCC(CCCCCC)C(=O)OCCCCCC1(C(C)CCCCOC(=O)C(CCCCCC)CCCCCCCC)OCC(CCN(C)C)O1. The number of carbonyl (C=O) groups excluding carboxylic acids is 2. The summed E-state index contributed by atoms with van der Waals surface area (Å²) in [5, 5.41) is 0. The fourth-order valence-corrected chi connectivity index (χ4v) is 8.51.